The van der Waals surface area contributed by atoms with Crippen LogP contribution in [0.3, 0.4) is 0 Å². The molecule has 0 spiro atoms. The quantitative estimate of drug-likeness (QED) is 0.673. The Bertz CT molecular complexity index is 312. The standard InChI is InChI=1S/C7H12N4O3/c1-4(13-2)3-9-7(12)5-6(8)11-14-10-5/h4H,3H2,1-2H3,(H2,8,11)(H,9,12). The van der Waals surface area contributed by atoms with Crippen molar-refractivity contribution in [2.45, 2.75) is 13.0 Å². The van der Waals surface area contributed by atoms with E-state index in [1.807, 2.05) is 6.92 Å². The lowest BCUT2D eigenvalue weighted by molar-refractivity contribution is 0.0862. The number of nitrogens with zero attached hydrogens (tertiary/aromatic N) is 2. The van der Waals surface area contributed by atoms with Crippen molar-refractivity contribution in [2.75, 3.05) is 19.4 Å². The summed E-state index contributed by atoms with van der Waals surface area (Å²) in [5.74, 6) is -0.444. The van der Waals surface area contributed by atoms with Crippen LogP contribution in [-0.2, 0) is 4.74 Å². The van der Waals surface area contributed by atoms with Gasteiger partial charge in [0.25, 0.3) is 5.91 Å². The average molecular weight is 200 g/mol. The number of nitrogens with one attached hydrogen (secondary N) is 1. The highest BCUT2D eigenvalue weighted by Crippen LogP contribution is 2.02. The van der Waals surface area contributed by atoms with Crippen LogP contribution in [0.5, 0.6) is 0 Å². The van der Waals surface area contributed by atoms with E-state index in [1.165, 1.54) is 0 Å². The Labute approximate surface area is 80.6 Å². The van der Waals surface area contributed by atoms with Gasteiger partial charge in [0.15, 0.2) is 0 Å². The summed E-state index contributed by atoms with van der Waals surface area (Å²) in [5, 5.41) is 9.21. The number of nitrogens with two attached hydrogens (primary N) is 1. The minimum atomic E-state index is -0.423. The lowest BCUT2D eigenvalue weighted by atomic mass is 10.3. The molecule has 1 amide bonds. The van der Waals surface area contributed by atoms with Crippen LogP contribution in [0.2, 0.25) is 0 Å². The molecule has 0 aliphatic carbocycles. The molecule has 1 aromatic heterocycles. The lowest BCUT2D eigenvalue weighted by Gasteiger charge is -2.09. The summed E-state index contributed by atoms with van der Waals surface area (Å²) >= 11 is 0. The van der Waals surface area contributed by atoms with E-state index in [0.29, 0.717) is 6.54 Å². The Hall–Kier alpha value is -1.63. The van der Waals surface area contributed by atoms with Gasteiger partial charge < -0.3 is 15.8 Å². The average Bonchev–Trinajstić information content (AvgIpc) is 2.60. The molecule has 14 heavy (non-hydrogen) atoms. The fourth-order valence-corrected chi connectivity index (χ4v) is 0.756. The second-order valence-electron chi connectivity index (χ2n) is 2.75. The van der Waals surface area contributed by atoms with Gasteiger partial charge in [0.2, 0.25) is 11.5 Å². The molecule has 0 aromatic carbocycles. The number of methoxy groups -OCH3 is 1. The van der Waals surface area contributed by atoms with Gasteiger partial charge in [-0.25, -0.2) is 4.63 Å². The topological polar surface area (TPSA) is 103 Å². The molecule has 0 fully saturated rings. The maximum absolute atomic E-state index is 11.3. The fraction of sp³-hybridized carbons (Fsp3) is 0.571. The van der Waals surface area contributed by atoms with Gasteiger partial charge in [0.05, 0.1) is 6.10 Å². The third kappa shape index (κ3) is 2.43. The van der Waals surface area contributed by atoms with Crippen LogP contribution in [-0.4, -0.2) is 36.0 Å². The second-order valence-corrected chi connectivity index (χ2v) is 2.75. The molecule has 1 unspecified atom stereocenters. The summed E-state index contributed by atoms with van der Waals surface area (Å²) in [5.41, 5.74) is 5.31. The van der Waals surface area contributed by atoms with Gasteiger partial charge in [0, 0.05) is 13.7 Å². The van der Waals surface area contributed by atoms with Crippen LogP contribution in [0, 0.1) is 0 Å². The van der Waals surface area contributed by atoms with Crippen molar-refractivity contribution >= 4 is 11.7 Å². The number of aromatic nitrogens is 2. The van der Waals surface area contributed by atoms with Crippen LogP contribution < -0.4 is 11.1 Å². The largest absolute Gasteiger partial charge is 0.380 e. The molecule has 1 atom stereocenters. The number of rotatable bonds is 4. The number of amides is 1. The van der Waals surface area contributed by atoms with E-state index in [2.05, 4.69) is 20.3 Å². The van der Waals surface area contributed by atoms with Gasteiger partial charge >= 0.3 is 0 Å². The first-order valence-electron chi connectivity index (χ1n) is 4.04. The number of nitrogen functional groups attached to an aromatic ring is 1. The van der Waals surface area contributed by atoms with E-state index in [4.69, 9.17) is 10.5 Å². The molecule has 7 heteroatoms. The Balaban J connectivity index is 2.47. The molecule has 0 saturated carbocycles. The zero-order valence-electron chi connectivity index (χ0n) is 7.98. The summed E-state index contributed by atoms with van der Waals surface area (Å²) < 4.78 is 9.23. The van der Waals surface area contributed by atoms with Crippen molar-refractivity contribution in [1.29, 1.82) is 0 Å². The van der Waals surface area contributed by atoms with Crippen molar-refractivity contribution in [2.24, 2.45) is 0 Å². The first-order chi connectivity index (χ1) is 6.65. The normalized spacial score (nSPS) is 12.4. The Kier molecular flexibility index (Phi) is 3.41. The number of anilines is 1. The maximum Gasteiger partial charge on any atom is 0.277 e. The molecule has 0 aliphatic heterocycles. The van der Waals surface area contributed by atoms with Crippen LogP contribution in [0.4, 0.5) is 5.82 Å². The van der Waals surface area contributed by atoms with Crippen molar-refractivity contribution < 1.29 is 14.2 Å². The molecule has 0 aliphatic rings. The molecule has 0 bridgehead atoms. The van der Waals surface area contributed by atoms with Crippen molar-refractivity contribution in [1.82, 2.24) is 15.6 Å². The molecule has 1 aromatic rings. The van der Waals surface area contributed by atoms with Crippen LogP contribution in [0.1, 0.15) is 17.4 Å². The minimum Gasteiger partial charge on any atom is -0.380 e. The monoisotopic (exact) mass is 200 g/mol. The van der Waals surface area contributed by atoms with Crippen LogP contribution in [0.15, 0.2) is 4.63 Å². The predicted octanol–water partition coefficient (Wildman–Crippen LogP) is -0.583. The molecule has 3 N–H and O–H groups in total. The Morgan fingerprint density at radius 3 is 2.93 bits per heavy atom. The Morgan fingerprint density at radius 1 is 1.71 bits per heavy atom. The molecule has 7 nitrogen and oxygen atoms in total. The van der Waals surface area contributed by atoms with Gasteiger partial charge in [-0.15, -0.1) is 0 Å². The number of carbonyl (C=O) groups excluding carboxylic acids is 1. The highest BCUT2D eigenvalue weighted by molar-refractivity contribution is 5.95. The number of hydrogen-bond donors (Lipinski definition) is 2. The van der Waals surface area contributed by atoms with Gasteiger partial charge in [-0.2, -0.15) is 0 Å². The fourth-order valence-electron chi connectivity index (χ4n) is 0.756. The summed E-state index contributed by atoms with van der Waals surface area (Å²) in [4.78, 5) is 11.3. The van der Waals surface area contributed by atoms with Gasteiger partial charge in [-0.05, 0) is 17.2 Å². The van der Waals surface area contributed by atoms with Crippen molar-refractivity contribution in [3.05, 3.63) is 5.69 Å². The van der Waals surface area contributed by atoms with E-state index in [9.17, 15) is 4.79 Å². The van der Waals surface area contributed by atoms with Crippen LogP contribution >= 0.6 is 0 Å². The summed E-state index contributed by atoms with van der Waals surface area (Å²) in [7, 11) is 1.56. The molecule has 0 radical (unpaired) electrons. The van der Waals surface area contributed by atoms with Crippen LogP contribution in [0.25, 0.3) is 0 Å². The van der Waals surface area contributed by atoms with E-state index >= 15 is 0 Å². The third-order valence-corrected chi connectivity index (χ3v) is 1.68. The SMILES string of the molecule is COC(C)CNC(=O)c1nonc1N. The van der Waals surface area contributed by atoms with Gasteiger partial charge in [-0.1, -0.05) is 0 Å². The number of ether oxygens (including phenoxy) is 1. The summed E-state index contributed by atoms with van der Waals surface area (Å²) in [6.07, 6.45) is -0.0694. The summed E-state index contributed by atoms with van der Waals surface area (Å²) in [6.45, 7) is 2.20. The lowest BCUT2D eigenvalue weighted by Crippen LogP contribution is -2.32. The van der Waals surface area contributed by atoms with Gasteiger partial charge in [-0.3, -0.25) is 4.79 Å². The van der Waals surface area contributed by atoms with E-state index in [-0.39, 0.29) is 17.6 Å². The van der Waals surface area contributed by atoms with E-state index < -0.39 is 5.91 Å². The molecule has 78 valence electrons. The summed E-state index contributed by atoms with van der Waals surface area (Å²) in [6, 6.07) is 0. The number of carbonyl (C=O) groups is 1. The predicted molar refractivity (Wildman–Crippen MR) is 47.5 cm³/mol. The first kappa shape index (κ1) is 10.5. The second kappa shape index (κ2) is 4.56. The molecular formula is C7H12N4O3. The van der Waals surface area contributed by atoms with Gasteiger partial charge in [0.1, 0.15) is 0 Å². The van der Waals surface area contributed by atoms with E-state index in [1.54, 1.807) is 7.11 Å². The zero-order chi connectivity index (χ0) is 10.6. The number of hydrogen-bond acceptors (Lipinski definition) is 6. The first-order valence-corrected chi connectivity index (χ1v) is 4.04. The molecular weight excluding hydrogens is 188 g/mol. The molecule has 0 saturated heterocycles. The maximum atomic E-state index is 11.3. The van der Waals surface area contributed by atoms with Crippen molar-refractivity contribution in [3.8, 4) is 0 Å². The zero-order valence-corrected chi connectivity index (χ0v) is 7.98. The van der Waals surface area contributed by atoms with Crippen molar-refractivity contribution in [3.63, 3.8) is 0 Å². The minimum absolute atomic E-state index is 0.00620. The molecule has 1 rings (SSSR count). The highest BCUT2D eigenvalue weighted by atomic mass is 16.6. The van der Waals surface area contributed by atoms with E-state index in [0.717, 1.165) is 0 Å². The smallest absolute Gasteiger partial charge is 0.277 e. The third-order valence-electron chi connectivity index (χ3n) is 1.68. The Morgan fingerprint density at radius 2 is 2.43 bits per heavy atom. The molecule has 1 heterocycles. The highest BCUT2D eigenvalue weighted by Gasteiger charge is 2.15.